The molecule has 3 rings (SSSR count). The molecule has 2 N–H and O–H groups in total. The van der Waals surface area contributed by atoms with E-state index < -0.39 is 5.92 Å². The summed E-state index contributed by atoms with van der Waals surface area (Å²) in [5, 5.41) is 10.2. The number of anilines is 2. The highest BCUT2D eigenvalue weighted by atomic mass is 16.2. The van der Waals surface area contributed by atoms with Gasteiger partial charge in [-0.15, -0.1) is 0 Å². The Hall–Kier alpha value is -2.63. The van der Waals surface area contributed by atoms with Crippen LogP contribution in [0.4, 0.5) is 11.5 Å². The number of aryl methyl sites for hydroxylation is 1. The highest BCUT2D eigenvalue weighted by Gasteiger charge is 2.33. The van der Waals surface area contributed by atoms with Gasteiger partial charge in [0.15, 0.2) is 5.82 Å². The normalized spacial score (nSPS) is 17.2. The zero-order valence-electron chi connectivity index (χ0n) is 13.3. The Morgan fingerprint density at radius 3 is 2.52 bits per heavy atom. The molecule has 0 aliphatic carbocycles. The first-order valence-electron chi connectivity index (χ1n) is 7.88. The van der Waals surface area contributed by atoms with Crippen LogP contribution in [-0.4, -0.2) is 21.6 Å². The zero-order valence-corrected chi connectivity index (χ0v) is 13.3. The molecule has 1 aromatic carbocycles. The van der Waals surface area contributed by atoms with Crippen molar-refractivity contribution in [2.24, 2.45) is 5.92 Å². The molecule has 23 heavy (non-hydrogen) atoms. The van der Waals surface area contributed by atoms with Crippen LogP contribution in [-0.2, 0) is 9.59 Å². The second kappa shape index (κ2) is 6.24. The topological polar surface area (TPSA) is 76.0 Å². The van der Waals surface area contributed by atoms with Crippen molar-refractivity contribution in [3.05, 3.63) is 36.0 Å². The molecule has 0 spiro atoms. The van der Waals surface area contributed by atoms with Crippen LogP contribution < -0.4 is 10.6 Å². The fourth-order valence-electron chi connectivity index (χ4n) is 2.75. The van der Waals surface area contributed by atoms with Gasteiger partial charge in [-0.3, -0.25) is 9.59 Å². The molecule has 1 atom stereocenters. The van der Waals surface area contributed by atoms with Crippen LogP contribution >= 0.6 is 0 Å². The number of carbonyl (C=O) groups excluding carboxylic acids is 2. The maximum absolute atomic E-state index is 12.5. The number of benzene rings is 1. The third-order valence-electron chi connectivity index (χ3n) is 4.03. The van der Waals surface area contributed by atoms with Gasteiger partial charge < -0.3 is 10.6 Å². The third kappa shape index (κ3) is 2.84. The number of unbranched alkanes of at least 4 members (excludes halogenated alkanes) is 1. The van der Waals surface area contributed by atoms with E-state index >= 15 is 0 Å². The van der Waals surface area contributed by atoms with Gasteiger partial charge in [0.2, 0.25) is 11.8 Å². The molecule has 1 unspecified atom stereocenters. The molecule has 0 fully saturated rings. The van der Waals surface area contributed by atoms with Gasteiger partial charge in [-0.05, 0) is 25.5 Å². The summed E-state index contributed by atoms with van der Waals surface area (Å²) in [6.45, 7) is 3.86. The Morgan fingerprint density at radius 2 is 1.83 bits per heavy atom. The Labute approximate surface area is 134 Å². The Kier molecular flexibility index (Phi) is 4.14. The molecular weight excluding hydrogens is 292 g/mol. The van der Waals surface area contributed by atoms with Gasteiger partial charge in [0.1, 0.15) is 11.6 Å². The minimum Gasteiger partial charge on any atom is -0.321 e. The quantitative estimate of drug-likeness (QED) is 0.852. The minimum atomic E-state index is -0.661. The summed E-state index contributed by atoms with van der Waals surface area (Å²) in [5.74, 6) is -0.672. The number of amides is 2. The number of rotatable bonds is 4. The molecule has 6 heteroatoms. The molecule has 0 saturated carbocycles. The van der Waals surface area contributed by atoms with Crippen molar-refractivity contribution in [2.75, 3.05) is 10.6 Å². The summed E-state index contributed by atoms with van der Waals surface area (Å²) >= 11 is 0. The minimum absolute atomic E-state index is 0.259. The molecule has 120 valence electrons. The maximum Gasteiger partial charge on any atom is 0.238 e. The Balaban J connectivity index is 2.00. The van der Waals surface area contributed by atoms with E-state index in [-0.39, 0.29) is 11.8 Å². The number of nitrogens with one attached hydrogen (secondary N) is 2. The first kappa shape index (κ1) is 15.3. The second-order valence-corrected chi connectivity index (χ2v) is 5.73. The van der Waals surface area contributed by atoms with Gasteiger partial charge >= 0.3 is 0 Å². The molecule has 2 heterocycles. The average Bonchev–Trinajstić information content (AvgIpc) is 2.78. The standard InChI is InChI=1S/C17H20N4O2/c1-3-4-10-13-16(22)18-14-11(2)20-21(15(14)19-17(13)23)12-8-6-5-7-9-12/h5-9,13H,3-4,10H2,1-2H3,(H,18,22)(H,19,23). The van der Waals surface area contributed by atoms with E-state index in [2.05, 4.69) is 15.7 Å². The van der Waals surface area contributed by atoms with E-state index in [9.17, 15) is 9.59 Å². The van der Waals surface area contributed by atoms with Gasteiger partial charge in [0.05, 0.1) is 11.4 Å². The van der Waals surface area contributed by atoms with Crippen molar-refractivity contribution < 1.29 is 9.59 Å². The first-order chi connectivity index (χ1) is 11.1. The summed E-state index contributed by atoms with van der Waals surface area (Å²) in [7, 11) is 0. The van der Waals surface area contributed by atoms with Gasteiger partial charge in [-0.2, -0.15) is 5.10 Å². The van der Waals surface area contributed by atoms with Crippen molar-refractivity contribution in [1.82, 2.24) is 9.78 Å². The molecule has 2 aromatic rings. The monoisotopic (exact) mass is 312 g/mol. The van der Waals surface area contributed by atoms with Crippen molar-refractivity contribution in [1.29, 1.82) is 0 Å². The van der Waals surface area contributed by atoms with Crippen LogP contribution in [0.1, 0.15) is 31.9 Å². The molecule has 1 aromatic heterocycles. The lowest BCUT2D eigenvalue weighted by molar-refractivity contribution is -0.129. The van der Waals surface area contributed by atoms with Crippen LogP contribution in [0, 0.1) is 12.8 Å². The van der Waals surface area contributed by atoms with E-state index in [0.717, 1.165) is 18.5 Å². The highest BCUT2D eigenvalue weighted by Crippen LogP contribution is 2.32. The lowest BCUT2D eigenvalue weighted by Gasteiger charge is -2.12. The molecule has 1 aliphatic heterocycles. The van der Waals surface area contributed by atoms with Gasteiger partial charge in [-0.25, -0.2) is 4.68 Å². The number of hydrogen-bond acceptors (Lipinski definition) is 3. The predicted octanol–water partition coefficient (Wildman–Crippen LogP) is 2.88. The van der Waals surface area contributed by atoms with Crippen molar-refractivity contribution in [3.8, 4) is 5.69 Å². The number of fused-ring (bicyclic) bond motifs is 1. The first-order valence-corrected chi connectivity index (χ1v) is 7.88. The number of nitrogens with zero attached hydrogens (tertiary/aromatic N) is 2. The predicted molar refractivity (Wildman–Crippen MR) is 88.6 cm³/mol. The number of carbonyl (C=O) groups is 2. The highest BCUT2D eigenvalue weighted by molar-refractivity contribution is 6.15. The fourth-order valence-corrected chi connectivity index (χ4v) is 2.75. The van der Waals surface area contributed by atoms with Gasteiger partial charge in [-0.1, -0.05) is 38.0 Å². The summed E-state index contributed by atoms with van der Waals surface area (Å²) in [5.41, 5.74) is 2.08. The number of hydrogen-bond donors (Lipinski definition) is 2. The molecule has 0 radical (unpaired) electrons. The van der Waals surface area contributed by atoms with Crippen LogP contribution in [0.2, 0.25) is 0 Å². The van der Waals surface area contributed by atoms with Crippen LogP contribution in [0.3, 0.4) is 0 Å². The van der Waals surface area contributed by atoms with Gasteiger partial charge in [0.25, 0.3) is 0 Å². The van der Waals surface area contributed by atoms with Crippen molar-refractivity contribution in [3.63, 3.8) is 0 Å². The zero-order chi connectivity index (χ0) is 16.4. The van der Waals surface area contributed by atoms with Crippen LogP contribution in [0.5, 0.6) is 0 Å². The lowest BCUT2D eigenvalue weighted by Crippen LogP contribution is -2.31. The van der Waals surface area contributed by atoms with Crippen molar-refractivity contribution >= 4 is 23.3 Å². The number of para-hydroxylation sites is 1. The molecule has 2 amide bonds. The Bertz CT molecular complexity index is 737. The van der Waals surface area contributed by atoms with E-state index in [4.69, 9.17) is 0 Å². The van der Waals surface area contributed by atoms with Gasteiger partial charge in [0, 0.05) is 0 Å². The van der Waals surface area contributed by atoms with E-state index in [1.54, 1.807) is 4.68 Å². The van der Waals surface area contributed by atoms with E-state index in [0.29, 0.717) is 23.6 Å². The van der Waals surface area contributed by atoms with Crippen LogP contribution in [0.25, 0.3) is 5.69 Å². The van der Waals surface area contributed by atoms with Crippen molar-refractivity contribution in [2.45, 2.75) is 33.1 Å². The molecule has 1 aliphatic rings. The summed E-state index contributed by atoms with van der Waals surface area (Å²) in [6, 6.07) is 9.53. The molecule has 0 bridgehead atoms. The molecule has 6 nitrogen and oxygen atoms in total. The van der Waals surface area contributed by atoms with E-state index in [1.807, 2.05) is 44.2 Å². The Morgan fingerprint density at radius 1 is 1.13 bits per heavy atom. The SMILES string of the molecule is CCCCC1C(=O)Nc2c(C)nn(-c3ccccc3)c2NC1=O. The third-order valence-corrected chi connectivity index (χ3v) is 4.03. The largest absolute Gasteiger partial charge is 0.321 e. The average molecular weight is 312 g/mol. The van der Waals surface area contributed by atoms with Crippen LogP contribution in [0.15, 0.2) is 30.3 Å². The maximum atomic E-state index is 12.5. The summed E-state index contributed by atoms with van der Waals surface area (Å²) in [4.78, 5) is 24.9. The summed E-state index contributed by atoms with van der Waals surface area (Å²) < 4.78 is 1.66. The molecular formula is C17H20N4O2. The summed E-state index contributed by atoms with van der Waals surface area (Å²) in [6.07, 6.45) is 2.34. The smallest absolute Gasteiger partial charge is 0.238 e. The lowest BCUT2D eigenvalue weighted by atomic mass is 10.0. The second-order valence-electron chi connectivity index (χ2n) is 5.73. The molecule has 0 saturated heterocycles. The number of aromatic nitrogens is 2. The van der Waals surface area contributed by atoms with E-state index in [1.165, 1.54) is 0 Å². The fraction of sp³-hybridized carbons (Fsp3) is 0.353.